The molecule has 0 saturated carbocycles. The largest absolute Gasteiger partial charge is 0.479 e. The Morgan fingerprint density at radius 3 is 2.41 bits per heavy atom. The minimum atomic E-state index is -2.23. The molecule has 0 amide bonds. The third-order valence-corrected chi connectivity index (χ3v) is 2.17. The zero-order valence-electron chi connectivity index (χ0n) is 8.98. The lowest BCUT2D eigenvalue weighted by Crippen LogP contribution is -2.43. The lowest BCUT2D eigenvalue weighted by molar-refractivity contribution is -0.144. The lowest BCUT2D eigenvalue weighted by Gasteiger charge is -2.16. The first-order valence-corrected chi connectivity index (χ1v) is 4.85. The quantitative estimate of drug-likeness (QED) is 0.827. The van der Waals surface area contributed by atoms with Gasteiger partial charge in [-0.25, -0.2) is 13.6 Å². The van der Waals surface area contributed by atoms with E-state index in [1.165, 1.54) is 0 Å². The molecular formula is C11H14ClF2NO2. The smallest absolute Gasteiger partial charge is 0.340 e. The molecule has 0 bridgehead atoms. The van der Waals surface area contributed by atoms with Gasteiger partial charge in [-0.15, -0.1) is 12.4 Å². The third-order valence-electron chi connectivity index (χ3n) is 2.17. The molecule has 2 N–H and O–H groups in total. The SMILES string of the molecule is Cl.O=C(O)C(F)C(CF)NCc1ccccc1. The first-order chi connectivity index (χ1) is 7.65. The fourth-order valence-corrected chi connectivity index (χ4v) is 1.25. The molecule has 2 unspecified atom stereocenters. The van der Waals surface area contributed by atoms with E-state index in [0.29, 0.717) is 0 Å². The van der Waals surface area contributed by atoms with Gasteiger partial charge in [0.2, 0.25) is 6.17 Å². The summed E-state index contributed by atoms with van der Waals surface area (Å²) in [6.45, 7) is -0.816. The molecule has 3 nitrogen and oxygen atoms in total. The Morgan fingerprint density at radius 1 is 1.35 bits per heavy atom. The molecule has 96 valence electrons. The summed E-state index contributed by atoms with van der Waals surface area (Å²) in [6.07, 6.45) is -2.23. The fourth-order valence-electron chi connectivity index (χ4n) is 1.25. The van der Waals surface area contributed by atoms with Gasteiger partial charge in [0.05, 0.1) is 6.04 Å². The molecule has 1 rings (SSSR count). The standard InChI is InChI=1S/C11H13F2NO2.ClH/c12-6-9(10(13)11(15)16)14-7-8-4-2-1-3-5-8;/h1-5,9-10,14H,6-7H2,(H,15,16);1H. The zero-order chi connectivity index (χ0) is 12.0. The third kappa shape index (κ3) is 5.10. The van der Waals surface area contributed by atoms with Gasteiger partial charge in [-0.3, -0.25) is 0 Å². The summed E-state index contributed by atoms with van der Waals surface area (Å²) in [5.74, 6) is -1.65. The molecule has 0 aliphatic rings. The van der Waals surface area contributed by atoms with Crippen molar-refractivity contribution >= 4 is 18.4 Å². The van der Waals surface area contributed by atoms with Gasteiger partial charge in [0.25, 0.3) is 0 Å². The molecule has 6 heteroatoms. The molecule has 0 aliphatic carbocycles. The van der Waals surface area contributed by atoms with E-state index in [1.807, 2.05) is 6.07 Å². The average molecular weight is 266 g/mol. The van der Waals surface area contributed by atoms with Crippen LogP contribution >= 0.6 is 12.4 Å². The van der Waals surface area contributed by atoms with Crippen molar-refractivity contribution in [3.8, 4) is 0 Å². The predicted molar refractivity (Wildman–Crippen MR) is 62.8 cm³/mol. The van der Waals surface area contributed by atoms with Crippen molar-refractivity contribution < 1.29 is 18.7 Å². The van der Waals surface area contributed by atoms with Crippen molar-refractivity contribution in [2.75, 3.05) is 6.67 Å². The Hall–Kier alpha value is -1.20. The molecule has 0 aromatic heterocycles. The summed E-state index contributed by atoms with van der Waals surface area (Å²) in [5, 5.41) is 10.9. The van der Waals surface area contributed by atoms with E-state index in [4.69, 9.17) is 5.11 Å². The second-order valence-corrected chi connectivity index (χ2v) is 3.37. The maximum atomic E-state index is 13.0. The Bertz CT molecular complexity index is 338. The van der Waals surface area contributed by atoms with Crippen molar-refractivity contribution in [2.45, 2.75) is 18.8 Å². The van der Waals surface area contributed by atoms with Crippen LogP contribution in [0.2, 0.25) is 0 Å². The first kappa shape index (κ1) is 15.8. The highest BCUT2D eigenvalue weighted by Crippen LogP contribution is 2.04. The summed E-state index contributed by atoms with van der Waals surface area (Å²) >= 11 is 0. The Balaban J connectivity index is 0.00000256. The van der Waals surface area contributed by atoms with E-state index in [2.05, 4.69) is 5.32 Å². The Kier molecular flexibility index (Phi) is 7.41. The van der Waals surface area contributed by atoms with Crippen LogP contribution in [-0.2, 0) is 11.3 Å². The van der Waals surface area contributed by atoms with Crippen LogP contribution in [0, 0.1) is 0 Å². The summed E-state index contributed by atoms with van der Waals surface area (Å²) in [4.78, 5) is 10.3. The number of benzene rings is 1. The first-order valence-electron chi connectivity index (χ1n) is 4.85. The van der Waals surface area contributed by atoms with E-state index in [0.717, 1.165) is 5.56 Å². The fraction of sp³-hybridized carbons (Fsp3) is 0.364. The van der Waals surface area contributed by atoms with Gasteiger partial charge in [0, 0.05) is 6.54 Å². The van der Waals surface area contributed by atoms with Crippen LogP contribution in [0.15, 0.2) is 30.3 Å². The molecule has 1 aromatic rings. The molecule has 0 spiro atoms. The van der Waals surface area contributed by atoms with Gasteiger partial charge < -0.3 is 10.4 Å². The molecule has 0 radical (unpaired) electrons. The van der Waals surface area contributed by atoms with Crippen LogP contribution in [0.4, 0.5) is 8.78 Å². The Labute approximate surface area is 104 Å². The predicted octanol–water partition coefficient (Wildman–Crippen LogP) is 1.96. The molecular weight excluding hydrogens is 252 g/mol. The number of hydrogen-bond donors (Lipinski definition) is 2. The Morgan fingerprint density at radius 2 is 1.94 bits per heavy atom. The van der Waals surface area contributed by atoms with Crippen molar-refractivity contribution in [1.82, 2.24) is 5.32 Å². The average Bonchev–Trinajstić information content (AvgIpc) is 2.30. The number of alkyl halides is 2. The molecule has 0 heterocycles. The second kappa shape index (κ2) is 7.97. The van der Waals surface area contributed by atoms with Crippen molar-refractivity contribution in [1.29, 1.82) is 0 Å². The van der Waals surface area contributed by atoms with Crippen LogP contribution in [-0.4, -0.2) is 30.0 Å². The highest BCUT2D eigenvalue weighted by molar-refractivity contribution is 5.85. The second-order valence-electron chi connectivity index (χ2n) is 3.37. The molecule has 17 heavy (non-hydrogen) atoms. The molecule has 0 fully saturated rings. The monoisotopic (exact) mass is 265 g/mol. The molecule has 0 aliphatic heterocycles. The van der Waals surface area contributed by atoms with Crippen molar-refractivity contribution in [3.05, 3.63) is 35.9 Å². The topological polar surface area (TPSA) is 49.3 Å². The van der Waals surface area contributed by atoms with E-state index >= 15 is 0 Å². The minimum Gasteiger partial charge on any atom is -0.479 e. The van der Waals surface area contributed by atoms with Gasteiger partial charge in [0.15, 0.2) is 0 Å². The lowest BCUT2D eigenvalue weighted by atomic mass is 10.1. The molecule has 2 atom stereocenters. The van der Waals surface area contributed by atoms with E-state index in [9.17, 15) is 13.6 Å². The highest BCUT2D eigenvalue weighted by Gasteiger charge is 2.27. The number of rotatable bonds is 6. The van der Waals surface area contributed by atoms with E-state index < -0.39 is 24.9 Å². The number of nitrogens with one attached hydrogen (secondary N) is 1. The van der Waals surface area contributed by atoms with Gasteiger partial charge in [-0.1, -0.05) is 30.3 Å². The number of hydrogen-bond acceptors (Lipinski definition) is 2. The van der Waals surface area contributed by atoms with Crippen LogP contribution in [0.5, 0.6) is 0 Å². The van der Waals surface area contributed by atoms with Crippen molar-refractivity contribution in [2.24, 2.45) is 0 Å². The van der Waals surface area contributed by atoms with E-state index in [-0.39, 0.29) is 19.0 Å². The molecule has 0 saturated heterocycles. The molecule has 1 aromatic carbocycles. The van der Waals surface area contributed by atoms with Gasteiger partial charge in [-0.05, 0) is 5.56 Å². The summed E-state index contributed by atoms with van der Waals surface area (Å²) in [5.41, 5.74) is 0.846. The van der Waals surface area contributed by atoms with Crippen molar-refractivity contribution in [3.63, 3.8) is 0 Å². The van der Waals surface area contributed by atoms with Crippen LogP contribution in [0.25, 0.3) is 0 Å². The van der Waals surface area contributed by atoms with Gasteiger partial charge >= 0.3 is 5.97 Å². The number of halogens is 3. The van der Waals surface area contributed by atoms with Gasteiger partial charge in [0.1, 0.15) is 6.67 Å². The van der Waals surface area contributed by atoms with Crippen LogP contribution in [0.3, 0.4) is 0 Å². The summed E-state index contributed by atoms with van der Waals surface area (Å²) in [7, 11) is 0. The summed E-state index contributed by atoms with van der Waals surface area (Å²) in [6, 6.07) is 7.69. The normalized spacial score (nSPS) is 13.5. The number of carboxylic acid groups (broad SMARTS) is 1. The van der Waals surface area contributed by atoms with E-state index in [1.54, 1.807) is 24.3 Å². The van der Waals surface area contributed by atoms with Crippen LogP contribution < -0.4 is 5.32 Å². The number of carbonyl (C=O) groups is 1. The maximum Gasteiger partial charge on any atom is 0.340 e. The zero-order valence-corrected chi connectivity index (χ0v) is 9.79. The summed E-state index contributed by atoms with van der Waals surface area (Å²) < 4.78 is 25.4. The van der Waals surface area contributed by atoms with Crippen LogP contribution in [0.1, 0.15) is 5.56 Å². The number of carboxylic acids is 1. The van der Waals surface area contributed by atoms with Gasteiger partial charge in [-0.2, -0.15) is 0 Å². The highest BCUT2D eigenvalue weighted by atomic mass is 35.5. The maximum absolute atomic E-state index is 13.0. The number of aliphatic carboxylic acids is 1. The minimum absolute atomic E-state index is 0.